The van der Waals surface area contributed by atoms with E-state index < -0.39 is 0 Å². The Bertz CT molecular complexity index is 257. The van der Waals surface area contributed by atoms with Gasteiger partial charge in [-0.15, -0.1) is 5.10 Å². The molecule has 2 nitrogen and oxygen atoms in total. The highest BCUT2D eigenvalue weighted by Crippen LogP contribution is 2.06. The van der Waals surface area contributed by atoms with Gasteiger partial charge < -0.3 is 0 Å². The predicted molar refractivity (Wildman–Crippen MR) is 36.2 cm³/mol. The lowest BCUT2D eigenvalue weighted by atomic mass is 10.5. The average Bonchev–Trinajstić information content (AvgIpc) is 2.10. The van der Waals surface area contributed by atoms with E-state index in [9.17, 15) is 0 Å². The van der Waals surface area contributed by atoms with E-state index in [0.717, 1.165) is 5.69 Å². The standard InChI is InChI=1S/C6H5ClN2/c1-3-9-5(2)4-6(7)8-9/h1,4H,2H3. The molecule has 0 N–H and O–H groups in total. The van der Waals surface area contributed by atoms with Crippen LogP contribution in [-0.4, -0.2) is 9.78 Å². The molecule has 0 bridgehead atoms. The van der Waals surface area contributed by atoms with Crippen LogP contribution in [0.4, 0.5) is 0 Å². The number of nitrogens with zero attached hydrogens (tertiary/aromatic N) is 2. The van der Waals surface area contributed by atoms with Crippen molar-refractivity contribution in [1.29, 1.82) is 0 Å². The van der Waals surface area contributed by atoms with E-state index in [4.69, 9.17) is 18.0 Å². The summed E-state index contributed by atoms with van der Waals surface area (Å²) in [6, 6.07) is 4.05. The Kier molecular flexibility index (Phi) is 1.46. The third kappa shape index (κ3) is 1.06. The lowest BCUT2D eigenvalue weighted by molar-refractivity contribution is 0.882. The maximum Gasteiger partial charge on any atom is 0.152 e. The van der Waals surface area contributed by atoms with Crippen LogP contribution in [-0.2, 0) is 0 Å². The summed E-state index contributed by atoms with van der Waals surface area (Å²) in [7, 11) is 0. The zero-order chi connectivity index (χ0) is 6.85. The molecule has 0 aromatic carbocycles. The van der Waals surface area contributed by atoms with Crippen molar-refractivity contribution in [2.75, 3.05) is 0 Å². The SMILES string of the molecule is C#Cn1nc(Cl)cc1C. The van der Waals surface area contributed by atoms with E-state index in [1.165, 1.54) is 4.68 Å². The Labute approximate surface area is 58.4 Å². The Morgan fingerprint density at radius 2 is 2.56 bits per heavy atom. The first-order valence-electron chi connectivity index (χ1n) is 2.43. The zero-order valence-electron chi connectivity index (χ0n) is 4.93. The highest BCUT2D eigenvalue weighted by atomic mass is 35.5. The summed E-state index contributed by atoms with van der Waals surface area (Å²) >= 11 is 5.52. The van der Waals surface area contributed by atoms with Crippen LogP contribution < -0.4 is 0 Å². The van der Waals surface area contributed by atoms with Crippen LogP contribution in [0.2, 0.25) is 5.15 Å². The van der Waals surface area contributed by atoms with Gasteiger partial charge in [0.25, 0.3) is 0 Å². The number of hydrogen-bond acceptors (Lipinski definition) is 1. The quantitative estimate of drug-likeness (QED) is 0.497. The second kappa shape index (κ2) is 2.12. The Morgan fingerprint density at radius 1 is 1.89 bits per heavy atom. The molecule has 1 rings (SSSR count). The first kappa shape index (κ1) is 6.18. The molecule has 0 atom stereocenters. The molecule has 1 heterocycles. The molecule has 0 saturated carbocycles. The minimum absolute atomic E-state index is 0.436. The highest BCUT2D eigenvalue weighted by molar-refractivity contribution is 6.29. The van der Waals surface area contributed by atoms with Crippen molar-refractivity contribution in [2.24, 2.45) is 0 Å². The number of halogens is 1. The third-order valence-electron chi connectivity index (χ3n) is 0.980. The topological polar surface area (TPSA) is 17.8 Å². The highest BCUT2D eigenvalue weighted by Gasteiger charge is 1.96. The molecule has 46 valence electrons. The molecule has 0 aliphatic rings. The summed E-state index contributed by atoms with van der Waals surface area (Å²) in [5.74, 6) is 0. The molecular weight excluding hydrogens is 136 g/mol. The summed E-state index contributed by atoms with van der Waals surface area (Å²) in [6.45, 7) is 1.85. The van der Waals surface area contributed by atoms with Crippen molar-refractivity contribution >= 4 is 11.6 Å². The van der Waals surface area contributed by atoms with E-state index in [1.54, 1.807) is 6.07 Å². The van der Waals surface area contributed by atoms with Gasteiger partial charge in [-0.05, 0) is 13.0 Å². The second-order valence-corrected chi connectivity index (χ2v) is 2.04. The Balaban J connectivity index is 3.20. The maximum absolute atomic E-state index is 5.52. The van der Waals surface area contributed by atoms with Gasteiger partial charge >= 0.3 is 0 Å². The molecule has 0 saturated heterocycles. The summed E-state index contributed by atoms with van der Waals surface area (Å²) in [5, 5.41) is 4.21. The van der Waals surface area contributed by atoms with Crippen LogP contribution in [0.5, 0.6) is 0 Å². The van der Waals surface area contributed by atoms with E-state index in [1.807, 2.05) is 6.92 Å². The maximum atomic E-state index is 5.52. The molecule has 0 amide bonds. The first-order valence-corrected chi connectivity index (χ1v) is 2.80. The number of hydrogen-bond donors (Lipinski definition) is 0. The third-order valence-corrected chi connectivity index (χ3v) is 1.16. The molecule has 9 heavy (non-hydrogen) atoms. The minimum Gasteiger partial charge on any atom is -0.193 e. The number of rotatable bonds is 0. The van der Waals surface area contributed by atoms with Crippen molar-refractivity contribution in [3.05, 3.63) is 16.9 Å². The van der Waals surface area contributed by atoms with Crippen LogP contribution in [0.3, 0.4) is 0 Å². The van der Waals surface area contributed by atoms with Crippen molar-refractivity contribution in [3.8, 4) is 12.5 Å². The van der Waals surface area contributed by atoms with Gasteiger partial charge in [-0.2, -0.15) is 4.68 Å². The number of aromatic nitrogens is 2. The largest absolute Gasteiger partial charge is 0.193 e. The van der Waals surface area contributed by atoms with Crippen molar-refractivity contribution < 1.29 is 0 Å². The van der Waals surface area contributed by atoms with Gasteiger partial charge in [0, 0.05) is 6.04 Å². The normalized spacial score (nSPS) is 9.00. The van der Waals surface area contributed by atoms with Gasteiger partial charge in [-0.1, -0.05) is 18.0 Å². The second-order valence-electron chi connectivity index (χ2n) is 1.65. The molecule has 0 aliphatic carbocycles. The zero-order valence-corrected chi connectivity index (χ0v) is 5.68. The minimum atomic E-state index is 0.436. The van der Waals surface area contributed by atoms with Crippen molar-refractivity contribution in [1.82, 2.24) is 9.78 Å². The van der Waals surface area contributed by atoms with Crippen molar-refractivity contribution in [2.45, 2.75) is 6.92 Å². The molecule has 0 fully saturated rings. The summed E-state index contributed by atoms with van der Waals surface area (Å²) in [5.41, 5.74) is 0.877. The monoisotopic (exact) mass is 140 g/mol. The fourth-order valence-corrected chi connectivity index (χ4v) is 0.801. The van der Waals surface area contributed by atoms with Crippen LogP contribution in [0, 0.1) is 19.4 Å². The van der Waals surface area contributed by atoms with Gasteiger partial charge in [0.2, 0.25) is 0 Å². The van der Waals surface area contributed by atoms with Gasteiger partial charge in [0.1, 0.15) is 0 Å². The Hall–Kier alpha value is -0.940. The van der Waals surface area contributed by atoms with Gasteiger partial charge in [-0.3, -0.25) is 0 Å². The summed E-state index contributed by atoms with van der Waals surface area (Å²) < 4.78 is 1.39. The smallest absolute Gasteiger partial charge is 0.152 e. The molecule has 3 heteroatoms. The van der Waals surface area contributed by atoms with E-state index in [0.29, 0.717) is 5.15 Å². The number of terminal acetylenes is 1. The Morgan fingerprint density at radius 3 is 2.78 bits per heavy atom. The molecule has 0 spiro atoms. The fraction of sp³-hybridized carbons (Fsp3) is 0.167. The summed E-state index contributed by atoms with van der Waals surface area (Å²) in [6.07, 6.45) is 5.06. The predicted octanol–water partition coefficient (Wildman–Crippen LogP) is 1.28. The van der Waals surface area contributed by atoms with Crippen LogP contribution in [0.1, 0.15) is 5.69 Å². The van der Waals surface area contributed by atoms with E-state index in [2.05, 4.69) is 11.1 Å². The lowest BCUT2D eigenvalue weighted by Crippen LogP contribution is -1.91. The molecule has 0 unspecified atom stereocenters. The first-order chi connectivity index (χ1) is 4.24. The lowest BCUT2D eigenvalue weighted by Gasteiger charge is -1.85. The molecular formula is C6H5ClN2. The molecule has 0 aliphatic heterocycles. The fourth-order valence-electron chi connectivity index (χ4n) is 0.567. The van der Waals surface area contributed by atoms with Gasteiger partial charge in [0.15, 0.2) is 5.15 Å². The number of aryl methyl sites for hydroxylation is 1. The molecule has 0 radical (unpaired) electrons. The molecule has 1 aromatic rings. The van der Waals surface area contributed by atoms with E-state index >= 15 is 0 Å². The van der Waals surface area contributed by atoms with Gasteiger partial charge in [0.05, 0.1) is 5.69 Å². The summed E-state index contributed by atoms with van der Waals surface area (Å²) in [4.78, 5) is 0. The van der Waals surface area contributed by atoms with Crippen LogP contribution in [0.25, 0.3) is 0 Å². The van der Waals surface area contributed by atoms with Gasteiger partial charge in [-0.25, -0.2) is 0 Å². The average molecular weight is 141 g/mol. The van der Waals surface area contributed by atoms with Crippen LogP contribution >= 0.6 is 11.6 Å². The van der Waals surface area contributed by atoms with Crippen molar-refractivity contribution in [3.63, 3.8) is 0 Å². The molecule has 1 aromatic heterocycles. The van der Waals surface area contributed by atoms with E-state index in [-0.39, 0.29) is 0 Å². The van der Waals surface area contributed by atoms with Crippen LogP contribution in [0.15, 0.2) is 6.07 Å².